The summed E-state index contributed by atoms with van der Waals surface area (Å²) >= 11 is 17.3. The van der Waals surface area contributed by atoms with E-state index < -0.39 is 4.92 Å². The van der Waals surface area contributed by atoms with Crippen LogP contribution in [0.2, 0.25) is 15.1 Å². The predicted octanol–water partition coefficient (Wildman–Crippen LogP) is 3.72. The molecule has 0 radical (unpaired) electrons. The quantitative estimate of drug-likeness (QED) is 0.677. The van der Waals surface area contributed by atoms with Crippen molar-refractivity contribution in [1.82, 2.24) is 9.97 Å². The fourth-order valence-electron chi connectivity index (χ4n) is 1.28. The molecule has 0 aliphatic rings. The van der Waals surface area contributed by atoms with Gasteiger partial charge in [-0.25, -0.2) is 4.98 Å². The summed E-state index contributed by atoms with van der Waals surface area (Å²) in [6.07, 6.45) is 1.21. The number of rotatable bonds is 3. The van der Waals surface area contributed by atoms with Crippen molar-refractivity contribution < 1.29 is 9.66 Å². The number of nitrogens with two attached hydrogens (primary N) is 1. The van der Waals surface area contributed by atoms with Crippen LogP contribution in [-0.4, -0.2) is 14.9 Å². The maximum Gasteiger partial charge on any atom is 0.313 e. The van der Waals surface area contributed by atoms with Crippen LogP contribution >= 0.6 is 34.8 Å². The standard InChI is InChI=1S/C10H5Cl3N4O3/c11-4-1-7(17(18)19)8(2-5(4)12)20-9-6(13)3-15-10(14)16-9/h1-3H,(H2,14,15,16). The molecule has 0 aliphatic heterocycles. The zero-order valence-corrected chi connectivity index (χ0v) is 11.8. The molecule has 2 N–H and O–H groups in total. The monoisotopic (exact) mass is 334 g/mol. The molecule has 0 atom stereocenters. The summed E-state index contributed by atoms with van der Waals surface area (Å²) in [6.45, 7) is 0. The molecule has 1 heterocycles. The highest BCUT2D eigenvalue weighted by Crippen LogP contribution is 2.39. The molecule has 2 aromatic rings. The summed E-state index contributed by atoms with van der Waals surface area (Å²) in [5.41, 5.74) is 5.01. The highest BCUT2D eigenvalue weighted by Gasteiger charge is 2.20. The van der Waals surface area contributed by atoms with Gasteiger partial charge in [-0.2, -0.15) is 4.98 Å². The number of nitro groups is 1. The summed E-state index contributed by atoms with van der Waals surface area (Å²) in [6, 6.07) is 2.26. The van der Waals surface area contributed by atoms with E-state index in [-0.39, 0.29) is 38.3 Å². The van der Waals surface area contributed by atoms with Crippen molar-refractivity contribution in [2.75, 3.05) is 5.73 Å². The molecule has 0 fully saturated rings. The Bertz CT molecular complexity index is 696. The lowest BCUT2D eigenvalue weighted by atomic mass is 10.3. The highest BCUT2D eigenvalue weighted by molar-refractivity contribution is 6.42. The molecule has 0 spiro atoms. The third-order valence-corrected chi connectivity index (χ3v) is 3.12. The Hall–Kier alpha value is -1.83. The van der Waals surface area contributed by atoms with Crippen LogP contribution in [0.3, 0.4) is 0 Å². The first-order valence-electron chi connectivity index (χ1n) is 4.98. The largest absolute Gasteiger partial charge is 0.430 e. The molecule has 10 heteroatoms. The first kappa shape index (κ1) is 14.6. The van der Waals surface area contributed by atoms with E-state index in [1.807, 2.05) is 0 Å². The van der Waals surface area contributed by atoms with Crippen molar-refractivity contribution in [2.24, 2.45) is 0 Å². The molecule has 0 bridgehead atoms. The van der Waals surface area contributed by atoms with Gasteiger partial charge in [0.05, 0.1) is 21.2 Å². The average molecular weight is 336 g/mol. The van der Waals surface area contributed by atoms with E-state index >= 15 is 0 Å². The molecule has 1 aromatic heterocycles. The molecule has 2 rings (SSSR count). The lowest BCUT2D eigenvalue weighted by Gasteiger charge is -2.08. The Morgan fingerprint density at radius 2 is 1.85 bits per heavy atom. The summed E-state index contributed by atoms with van der Waals surface area (Å²) in [5.74, 6) is -0.378. The number of benzene rings is 1. The van der Waals surface area contributed by atoms with Gasteiger partial charge in [0.25, 0.3) is 0 Å². The molecule has 1 aromatic carbocycles. The maximum atomic E-state index is 11.0. The van der Waals surface area contributed by atoms with E-state index in [4.69, 9.17) is 45.3 Å². The molecule has 20 heavy (non-hydrogen) atoms. The summed E-state index contributed by atoms with van der Waals surface area (Å²) < 4.78 is 5.27. The highest BCUT2D eigenvalue weighted by atomic mass is 35.5. The van der Waals surface area contributed by atoms with Gasteiger partial charge in [0.15, 0.2) is 0 Å². The summed E-state index contributed by atoms with van der Waals surface area (Å²) in [4.78, 5) is 17.7. The summed E-state index contributed by atoms with van der Waals surface area (Å²) in [7, 11) is 0. The number of anilines is 1. The molecule has 0 amide bonds. The van der Waals surface area contributed by atoms with Gasteiger partial charge in [-0.15, -0.1) is 0 Å². The third kappa shape index (κ3) is 3.01. The number of nitrogens with zero attached hydrogens (tertiary/aromatic N) is 3. The zero-order chi connectivity index (χ0) is 14.9. The van der Waals surface area contributed by atoms with Gasteiger partial charge in [-0.1, -0.05) is 34.8 Å². The van der Waals surface area contributed by atoms with Crippen molar-refractivity contribution in [3.63, 3.8) is 0 Å². The van der Waals surface area contributed by atoms with E-state index in [2.05, 4.69) is 9.97 Å². The third-order valence-electron chi connectivity index (χ3n) is 2.14. The van der Waals surface area contributed by atoms with Gasteiger partial charge < -0.3 is 10.5 Å². The molecule has 0 aliphatic carbocycles. The van der Waals surface area contributed by atoms with Crippen LogP contribution in [0.5, 0.6) is 11.6 Å². The number of aromatic nitrogens is 2. The van der Waals surface area contributed by atoms with Gasteiger partial charge in [0, 0.05) is 12.1 Å². The number of hydrogen-bond donors (Lipinski definition) is 1. The normalized spacial score (nSPS) is 10.3. The van der Waals surface area contributed by atoms with E-state index in [1.54, 1.807) is 0 Å². The van der Waals surface area contributed by atoms with E-state index in [9.17, 15) is 10.1 Å². The molecule has 0 saturated heterocycles. The van der Waals surface area contributed by atoms with E-state index in [0.717, 1.165) is 6.07 Å². The minimum Gasteiger partial charge on any atom is -0.430 e. The van der Waals surface area contributed by atoms with Crippen LogP contribution < -0.4 is 10.5 Å². The Morgan fingerprint density at radius 3 is 2.50 bits per heavy atom. The Balaban J connectivity index is 2.50. The first-order chi connectivity index (χ1) is 9.38. The topological polar surface area (TPSA) is 104 Å². The van der Waals surface area contributed by atoms with Gasteiger partial charge in [-0.3, -0.25) is 10.1 Å². The summed E-state index contributed by atoms with van der Waals surface area (Å²) in [5, 5.41) is 11.1. The molecule has 0 unspecified atom stereocenters. The first-order valence-corrected chi connectivity index (χ1v) is 6.11. The minimum atomic E-state index is -0.671. The van der Waals surface area contributed by atoms with Gasteiger partial charge in [0.2, 0.25) is 17.6 Å². The SMILES string of the molecule is Nc1ncc(Cl)c(Oc2cc(Cl)c(Cl)cc2[N+](=O)[O-])n1. The van der Waals surface area contributed by atoms with Crippen molar-refractivity contribution in [3.05, 3.63) is 43.5 Å². The molecule has 104 valence electrons. The Labute approximate surface area is 127 Å². The average Bonchev–Trinajstić information content (AvgIpc) is 2.37. The van der Waals surface area contributed by atoms with E-state index in [0.29, 0.717) is 0 Å². The van der Waals surface area contributed by atoms with Crippen molar-refractivity contribution in [2.45, 2.75) is 0 Å². The number of nitro benzene ring substituents is 1. The zero-order valence-electron chi connectivity index (χ0n) is 9.51. The van der Waals surface area contributed by atoms with Crippen LogP contribution in [0.4, 0.5) is 11.6 Å². The second-order valence-electron chi connectivity index (χ2n) is 3.47. The lowest BCUT2D eigenvalue weighted by molar-refractivity contribution is -0.385. The van der Waals surface area contributed by atoms with Crippen LogP contribution in [0, 0.1) is 10.1 Å². The fraction of sp³-hybridized carbons (Fsp3) is 0. The molecule has 7 nitrogen and oxygen atoms in total. The van der Waals surface area contributed by atoms with Crippen molar-refractivity contribution >= 4 is 46.4 Å². The van der Waals surface area contributed by atoms with Gasteiger partial charge in [-0.05, 0) is 0 Å². The lowest BCUT2D eigenvalue weighted by Crippen LogP contribution is -1.99. The minimum absolute atomic E-state index is 0.0269. The Morgan fingerprint density at radius 1 is 1.20 bits per heavy atom. The van der Waals surface area contributed by atoms with Crippen molar-refractivity contribution in [1.29, 1.82) is 0 Å². The fourth-order valence-corrected chi connectivity index (χ4v) is 1.72. The van der Waals surface area contributed by atoms with Crippen LogP contribution in [0.25, 0.3) is 0 Å². The van der Waals surface area contributed by atoms with Crippen molar-refractivity contribution in [3.8, 4) is 11.6 Å². The molecule has 0 saturated carbocycles. The van der Waals surface area contributed by atoms with Gasteiger partial charge >= 0.3 is 5.69 Å². The Kier molecular flexibility index (Phi) is 4.12. The van der Waals surface area contributed by atoms with E-state index in [1.165, 1.54) is 12.3 Å². The number of nitrogen functional groups attached to an aromatic ring is 1. The second kappa shape index (κ2) is 5.66. The number of hydrogen-bond acceptors (Lipinski definition) is 6. The van der Waals surface area contributed by atoms with Crippen LogP contribution in [-0.2, 0) is 0 Å². The van der Waals surface area contributed by atoms with Gasteiger partial charge in [0.1, 0.15) is 5.02 Å². The van der Waals surface area contributed by atoms with Crippen LogP contribution in [0.15, 0.2) is 18.3 Å². The second-order valence-corrected chi connectivity index (χ2v) is 4.70. The van der Waals surface area contributed by atoms with Crippen LogP contribution in [0.1, 0.15) is 0 Å². The maximum absolute atomic E-state index is 11.0. The molecular weight excluding hydrogens is 330 g/mol. The molecular formula is C10H5Cl3N4O3. The smallest absolute Gasteiger partial charge is 0.313 e. The number of ether oxygens (including phenoxy) is 1. The number of halogens is 3. The predicted molar refractivity (Wildman–Crippen MR) is 74.6 cm³/mol.